The minimum Gasteiger partial charge on any atom is -0.398 e. The third kappa shape index (κ3) is 4.35. The van der Waals surface area contributed by atoms with Crippen molar-refractivity contribution in [2.45, 2.75) is 11.8 Å². The van der Waals surface area contributed by atoms with Crippen LogP contribution in [0.4, 0.5) is 5.69 Å². The summed E-state index contributed by atoms with van der Waals surface area (Å²) in [6, 6.07) is 3.81. The largest absolute Gasteiger partial charge is 0.398 e. The summed E-state index contributed by atoms with van der Waals surface area (Å²) < 4.78 is 22.9. The zero-order chi connectivity index (χ0) is 12.3. The zero-order valence-corrected chi connectivity index (χ0v) is 12.4. The molecular formula is C10H14BrNO2S2. The van der Waals surface area contributed by atoms with E-state index in [-0.39, 0.29) is 5.75 Å². The van der Waals surface area contributed by atoms with Gasteiger partial charge < -0.3 is 5.73 Å². The van der Waals surface area contributed by atoms with Crippen LogP contribution in [0, 0.1) is 6.92 Å². The molecule has 16 heavy (non-hydrogen) atoms. The average molecular weight is 324 g/mol. The van der Waals surface area contributed by atoms with Crippen LogP contribution >= 0.6 is 27.7 Å². The Kier molecular flexibility index (Phi) is 4.70. The summed E-state index contributed by atoms with van der Waals surface area (Å²) in [7, 11) is -2.89. The van der Waals surface area contributed by atoms with Gasteiger partial charge in [0.15, 0.2) is 0 Å². The molecular weight excluding hydrogens is 310 g/mol. The number of nitrogens with two attached hydrogens (primary N) is 1. The maximum atomic E-state index is 11.0. The lowest BCUT2D eigenvalue weighted by atomic mass is 10.2. The molecule has 1 aromatic rings. The molecule has 0 aliphatic rings. The molecule has 0 fully saturated rings. The van der Waals surface area contributed by atoms with E-state index in [1.165, 1.54) is 18.0 Å². The molecule has 90 valence electrons. The van der Waals surface area contributed by atoms with Crippen molar-refractivity contribution in [1.29, 1.82) is 0 Å². The number of rotatable bonds is 4. The summed E-state index contributed by atoms with van der Waals surface area (Å²) in [4.78, 5) is 1.02. The number of halogens is 1. The number of benzene rings is 1. The van der Waals surface area contributed by atoms with E-state index in [0.717, 1.165) is 20.6 Å². The van der Waals surface area contributed by atoms with E-state index in [4.69, 9.17) is 5.73 Å². The highest BCUT2D eigenvalue weighted by molar-refractivity contribution is 9.10. The standard InChI is InChI=1S/C10H14BrNO2S2/c1-7-5-10(8(11)6-9(7)12)15-3-4-16(2,13)14/h5-6H,3-4,12H2,1-2H3. The Labute approximate surface area is 109 Å². The molecule has 1 rings (SSSR count). The predicted octanol–water partition coefficient (Wildman–Crippen LogP) is 2.48. The summed E-state index contributed by atoms with van der Waals surface area (Å²) in [5.41, 5.74) is 7.49. The number of sulfone groups is 1. The fourth-order valence-electron chi connectivity index (χ4n) is 1.08. The third-order valence-electron chi connectivity index (χ3n) is 2.03. The van der Waals surface area contributed by atoms with E-state index in [1.54, 1.807) is 0 Å². The highest BCUT2D eigenvalue weighted by atomic mass is 79.9. The number of aryl methyl sites for hydroxylation is 1. The van der Waals surface area contributed by atoms with Crippen molar-refractivity contribution in [2.24, 2.45) is 0 Å². The van der Waals surface area contributed by atoms with Gasteiger partial charge >= 0.3 is 0 Å². The smallest absolute Gasteiger partial charge is 0.148 e. The first-order valence-corrected chi connectivity index (χ1v) is 8.49. The van der Waals surface area contributed by atoms with Crippen LogP contribution in [0.2, 0.25) is 0 Å². The first-order chi connectivity index (χ1) is 7.29. The molecule has 0 bridgehead atoms. The third-order valence-corrected chi connectivity index (χ3v) is 5.21. The van der Waals surface area contributed by atoms with Crippen molar-refractivity contribution in [3.8, 4) is 0 Å². The van der Waals surface area contributed by atoms with Crippen molar-refractivity contribution in [2.75, 3.05) is 23.5 Å². The molecule has 0 saturated heterocycles. The molecule has 0 unspecified atom stereocenters. The summed E-state index contributed by atoms with van der Waals surface area (Å²) in [5, 5.41) is 0. The van der Waals surface area contributed by atoms with Crippen molar-refractivity contribution >= 4 is 43.2 Å². The second kappa shape index (κ2) is 5.42. The van der Waals surface area contributed by atoms with Crippen molar-refractivity contribution in [3.63, 3.8) is 0 Å². The Balaban J connectivity index is 2.71. The molecule has 6 heteroatoms. The minimum absolute atomic E-state index is 0.188. The Morgan fingerprint density at radius 2 is 2.06 bits per heavy atom. The van der Waals surface area contributed by atoms with Crippen LogP contribution in [0.25, 0.3) is 0 Å². The van der Waals surface area contributed by atoms with Gasteiger partial charge in [-0.1, -0.05) is 0 Å². The Morgan fingerprint density at radius 1 is 1.44 bits per heavy atom. The van der Waals surface area contributed by atoms with Crippen molar-refractivity contribution in [3.05, 3.63) is 22.2 Å². The predicted molar refractivity (Wildman–Crippen MR) is 73.7 cm³/mol. The molecule has 0 radical (unpaired) electrons. The molecule has 3 nitrogen and oxygen atoms in total. The highest BCUT2D eigenvalue weighted by Crippen LogP contribution is 2.31. The number of hydrogen-bond acceptors (Lipinski definition) is 4. The number of hydrogen-bond donors (Lipinski definition) is 1. The molecule has 2 N–H and O–H groups in total. The maximum absolute atomic E-state index is 11.0. The van der Waals surface area contributed by atoms with Gasteiger partial charge in [-0.05, 0) is 40.5 Å². The van der Waals surface area contributed by atoms with E-state index in [2.05, 4.69) is 15.9 Å². The van der Waals surface area contributed by atoms with Gasteiger partial charge in [0.25, 0.3) is 0 Å². The lowest BCUT2D eigenvalue weighted by Crippen LogP contribution is -2.05. The van der Waals surface area contributed by atoms with Crippen LogP contribution in [0.5, 0.6) is 0 Å². The molecule has 0 spiro atoms. The molecule has 0 aliphatic heterocycles. The molecule has 1 aromatic carbocycles. The van der Waals surface area contributed by atoms with Gasteiger partial charge in [0.05, 0.1) is 5.75 Å². The molecule has 0 aromatic heterocycles. The SMILES string of the molecule is Cc1cc(SCCS(C)(=O)=O)c(Br)cc1N. The van der Waals surface area contributed by atoms with Crippen molar-refractivity contribution < 1.29 is 8.42 Å². The molecule has 0 heterocycles. The number of nitrogen functional groups attached to an aromatic ring is 1. The normalized spacial score (nSPS) is 11.7. The van der Waals surface area contributed by atoms with Crippen LogP contribution in [0.15, 0.2) is 21.5 Å². The first kappa shape index (κ1) is 13.9. The zero-order valence-electron chi connectivity index (χ0n) is 9.16. The van der Waals surface area contributed by atoms with Gasteiger partial charge in [0.2, 0.25) is 0 Å². The summed E-state index contributed by atoms with van der Waals surface area (Å²) in [5.74, 6) is 0.744. The van der Waals surface area contributed by atoms with E-state index in [9.17, 15) is 8.42 Å². The molecule has 0 saturated carbocycles. The topological polar surface area (TPSA) is 60.2 Å². The molecule has 0 atom stereocenters. The maximum Gasteiger partial charge on any atom is 0.148 e. The molecule has 0 amide bonds. The van der Waals surface area contributed by atoms with E-state index in [1.807, 2.05) is 19.1 Å². The van der Waals surface area contributed by atoms with Gasteiger partial charge in [-0.25, -0.2) is 8.42 Å². The van der Waals surface area contributed by atoms with Crippen molar-refractivity contribution in [1.82, 2.24) is 0 Å². The van der Waals surface area contributed by atoms with E-state index in [0.29, 0.717) is 5.75 Å². The number of thioether (sulfide) groups is 1. The van der Waals surface area contributed by atoms with Gasteiger partial charge in [0, 0.05) is 27.1 Å². The average Bonchev–Trinajstić information content (AvgIpc) is 2.11. The van der Waals surface area contributed by atoms with Crippen LogP contribution in [0.1, 0.15) is 5.56 Å². The first-order valence-electron chi connectivity index (χ1n) is 4.66. The Bertz CT molecular complexity index is 486. The molecule has 0 aliphatic carbocycles. The van der Waals surface area contributed by atoms with Gasteiger partial charge in [-0.15, -0.1) is 11.8 Å². The van der Waals surface area contributed by atoms with E-state index >= 15 is 0 Å². The van der Waals surface area contributed by atoms with Crippen LogP contribution in [-0.4, -0.2) is 26.2 Å². The number of anilines is 1. The second-order valence-corrected chi connectivity index (χ2v) is 7.87. The Morgan fingerprint density at radius 3 is 2.62 bits per heavy atom. The fraction of sp³-hybridized carbons (Fsp3) is 0.400. The monoisotopic (exact) mass is 323 g/mol. The summed E-state index contributed by atoms with van der Waals surface area (Å²) in [6.07, 6.45) is 1.25. The lowest BCUT2D eigenvalue weighted by Gasteiger charge is -2.07. The lowest BCUT2D eigenvalue weighted by molar-refractivity contribution is 0.603. The summed E-state index contributed by atoms with van der Waals surface area (Å²) >= 11 is 4.93. The van der Waals surface area contributed by atoms with Crippen LogP contribution < -0.4 is 5.73 Å². The van der Waals surface area contributed by atoms with Gasteiger partial charge in [-0.3, -0.25) is 0 Å². The quantitative estimate of drug-likeness (QED) is 0.683. The Hall–Kier alpha value is -0.200. The summed E-state index contributed by atoms with van der Waals surface area (Å²) in [6.45, 7) is 1.93. The highest BCUT2D eigenvalue weighted by Gasteiger charge is 2.07. The fourth-order valence-corrected chi connectivity index (χ4v) is 4.01. The second-order valence-electron chi connectivity index (χ2n) is 3.62. The van der Waals surface area contributed by atoms with Gasteiger partial charge in [0.1, 0.15) is 9.84 Å². The van der Waals surface area contributed by atoms with E-state index < -0.39 is 9.84 Å². The van der Waals surface area contributed by atoms with Crippen LogP contribution in [-0.2, 0) is 9.84 Å². The minimum atomic E-state index is -2.89. The van der Waals surface area contributed by atoms with Crippen LogP contribution in [0.3, 0.4) is 0 Å². The van der Waals surface area contributed by atoms with Gasteiger partial charge in [-0.2, -0.15) is 0 Å².